The van der Waals surface area contributed by atoms with Gasteiger partial charge in [0.1, 0.15) is 5.75 Å². The second kappa shape index (κ2) is 4.96. The Bertz CT molecular complexity index is 704. The van der Waals surface area contributed by atoms with Gasteiger partial charge in [-0.1, -0.05) is 0 Å². The van der Waals surface area contributed by atoms with E-state index in [1.165, 1.54) is 4.31 Å². The number of hydrogen-bond donors (Lipinski definition) is 1. The van der Waals surface area contributed by atoms with Crippen molar-refractivity contribution in [2.24, 2.45) is 0 Å². The SMILES string of the molecule is COc1ccc(S(=O)(=O)N2CCC2)cc1-c1ccc[nH]1. The summed E-state index contributed by atoms with van der Waals surface area (Å²) in [6.07, 6.45) is 2.73. The molecule has 0 saturated carbocycles. The van der Waals surface area contributed by atoms with Crippen LogP contribution in [-0.4, -0.2) is 37.9 Å². The molecule has 3 rings (SSSR count). The van der Waals surface area contributed by atoms with E-state index in [4.69, 9.17) is 4.74 Å². The number of nitrogens with zero attached hydrogens (tertiary/aromatic N) is 1. The standard InChI is InChI=1S/C14H16N2O3S/c1-19-14-6-5-11(20(17,18)16-8-3-9-16)10-12(14)13-4-2-7-15-13/h2,4-7,10,15H,3,8-9H2,1H3. The van der Waals surface area contributed by atoms with Crippen molar-refractivity contribution in [1.82, 2.24) is 9.29 Å². The number of aromatic amines is 1. The van der Waals surface area contributed by atoms with E-state index in [1.807, 2.05) is 12.1 Å². The van der Waals surface area contributed by atoms with Gasteiger partial charge in [0, 0.05) is 30.5 Å². The quantitative estimate of drug-likeness (QED) is 0.938. The summed E-state index contributed by atoms with van der Waals surface area (Å²) in [5.74, 6) is 0.648. The molecule has 2 heterocycles. The minimum atomic E-state index is -3.38. The fourth-order valence-electron chi connectivity index (χ4n) is 2.23. The highest BCUT2D eigenvalue weighted by atomic mass is 32.2. The number of ether oxygens (including phenoxy) is 1. The second-order valence-corrected chi connectivity index (χ2v) is 6.64. The highest BCUT2D eigenvalue weighted by molar-refractivity contribution is 7.89. The first-order chi connectivity index (χ1) is 9.63. The van der Waals surface area contributed by atoms with E-state index in [9.17, 15) is 8.42 Å². The molecule has 0 unspecified atom stereocenters. The monoisotopic (exact) mass is 292 g/mol. The van der Waals surface area contributed by atoms with E-state index in [2.05, 4.69) is 4.98 Å². The van der Waals surface area contributed by atoms with Gasteiger partial charge in [0.15, 0.2) is 0 Å². The molecule has 2 aromatic rings. The van der Waals surface area contributed by atoms with Crippen molar-refractivity contribution in [3.05, 3.63) is 36.5 Å². The van der Waals surface area contributed by atoms with Crippen LogP contribution in [0.5, 0.6) is 5.75 Å². The van der Waals surface area contributed by atoms with E-state index >= 15 is 0 Å². The highest BCUT2D eigenvalue weighted by Gasteiger charge is 2.29. The van der Waals surface area contributed by atoms with Gasteiger partial charge >= 0.3 is 0 Å². The number of aromatic nitrogens is 1. The molecule has 0 radical (unpaired) electrons. The lowest BCUT2D eigenvalue weighted by atomic mass is 10.1. The van der Waals surface area contributed by atoms with Crippen molar-refractivity contribution >= 4 is 10.0 Å². The molecule has 6 heteroatoms. The van der Waals surface area contributed by atoms with Crippen molar-refractivity contribution in [3.8, 4) is 17.0 Å². The summed E-state index contributed by atoms with van der Waals surface area (Å²) in [5, 5.41) is 0. The fourth-order valence-corrected chi connectivity index (χ4v) is 3.78. The lowest BCUT2D eigenvalue weighted by Crippen LogP contribution is -2.41. The average molecular weight is 292 g/mol. The third-order valence-electron chi connectivity index (χ3n) is 3.51. The summed E-state index contributed by atoms with van der Waals surface area (Å²) in [6.45, 7) is 1.21. The molecule has 1 aliphatic rings. The fraction of sp³-hybridized carbons (Fsp3) is 0.286. The van der Waals surface area contributed by atoms with E-state index in [0.29, 0.717) is 23.7 Å². The molecule has 106 valence electrons. The van der Waals surface area contributed by atoms with Gasteiger partial charge in [0.25, 0.3) is 0 Å². The Morgan fingerprint density at radius 3 is 2.60 bits per heavy atom. The molecule has 1 fully saturated rings. The molecule has 0 amide bonds. The van der Waals surface area contributed by atoms with E-state index < -0.39 is 10.0 Å². The van der Waals surface area contributed by atoms with E-state index in [0.717, 1.165) is 17.7 Å². The zero-order valence-corrected chi connectivity index (χ0v) is 12.0. The molecule has 1 aromatic carbocycles. The van der Waals surface area contributed by atoms with Crippen LogP contribution in [0.1, 0.15) is 6.42 Å². The maximum absolute atomic E-state index is 12.4. The van der Waals surface area contributed by atoms with E-state index in [-0.39, 0.29) is 0 Å². The molecule has 20 heavy (non-hydrogen) atoms. The zero-order valence-electron chi connectivity index (χ0n) is 11.2. The summed E-state index contributed by atoms with van der Waals surface area (Å²) in [6, 6.07) is 8.71. The lowest BCUT2D eigenvalue weighted by Gasteiger charge is -2.29. The third kappa shape index (κ3) is 2.10. The molecule has 0 atom stereocenters. The van der Waals surface area contributed by atoms with Crippen LogP contribution in [0.15, 0.2) is 41.4 Å². The molecule has 1 aliphatic heterocycles. The van der Waals surface area contributed by atoms with Gasteiger partial charge in [-0.2, -0.15) is 4.31 Å². The largest absolute Gasteiger partial charge is 0.496 e. The van der Waals surface area contributed by atoms with Gasteiger partial charge in [-0.05, 0) is 36.8 Å². The van der Waals surface area contributed by atoms with Crippen LogP contribution in [0.2, 0.25) is 0 Å². The number of rotatable bonds is 4. The van der Waals surface area contributed by atoms with Crippen molar-refractivity contribution in [2.45, 2.75) is 11.3 Å². The molecular weight excluding hydrogens is 276 g/mol. The Labute approximate surface area is 118 Å². The van der Waals surface area contributed by atoms with Crippen LogP contribution >= 0.6 is 0 Å². The Morgan fingerprint density at radius 1 is 1.25 bits per heavy atom. The van der Waals surface area contributed by atoms with Gasteiger partial charge in [-0.3, -0.25) is 0 Å². The second-order valence-electron chi connectivity index (χ2n) is 4.70. The molecule has 1 aromatic heterocycles. The summed E-state index contributed by atoms with van der Waals surface area (Å²) >= 11 is 0. The lowest BCUT2D eigenvalue weighted by molar-refractivity contribution is 0.309. The molecule has 0 aliphatic carbocycles. The number of H-pyrrole nitrogens is 1. The Kier molecular flexibility index (Phi) is 3.27. The van der Waals surface area contributed by atoms with Gasteiger partial charge in [-0.25, -0.2) is 8.42 Å². The zero-order chi connectivity index (χ0) is 14.2. The maximum Gasteiger partial charge on any atom is 0.243 e. The van der Waals surface area contributed by atoms with Crippen molar-refractivity contribution in [1.29, 1.82) is 0 Å². The molecule has 0 bridgehead atoms. The van der Waals surface area contributed by atoms with Crippen molar-refractivity contribution in [3.63, 3.8) is 0 Å². The van der Waals surface area contributed by atoms with Crippen molar-refractivity contribution < 1.29 is 13.2 Å². The minimum Gasteiger partial charge on any atom is -0.496 e. The minimum absolute atomic E-state index is 0.308. The van der Waals surface area contributed by atoms with Gasteiger partial charge < -0.3 is 9.72 Å². The maximum atomic E-state index is 12.4. The van der Waals surface area contributed by atoms with Crippen LogP contribution < -0.4 is 4.74 Å². The first kappa shape index (κ1) is 13.2. The summed E-state index contributed by atoms with van der Waals surface area (Å²) in [7, 11) is -1.80. The Balaban J connectivity index is 2.08. The van der Waals surface area contributed by atoms with Gasteiger partial charge in [0.2, 0.25) is 10.0 Å². The molecular formula is C14H16N2O3S. The van der Waals surface area contributed by atoms with Crippen LogP contribution in [0, 0.1) is 0 Å². The summed E-state index contributed by atoms with van der Waals surface area (Å²) < 4.78 is 31.6. The first-order valence-corrected chi connectivity index (χ1v) is 7.89. The predicted octanol–water partition coefficient (Wildman–Crippen LogP) is 2.08. The molecule has 5 nitrogen and oxygen atoms in total. The van der Waals surface area contributed by atoms with Crippen LogP contribution in [0.3, 0.4) is 0 Å². The number of methoxy groups -OCH3 is 1. The number of sulfonamides is 1. The van der Waals surface area contributed by atoms with Crippen LogP contribution in [0.25, 0.3) is 11.3 Å². The molecule has 1 saturated heterocycles. The number of hydrogen-bond acceptors (Lipinski definition) is 3. The molecule has 1 N–H and O–H groups in total. The first-order valence-electron chi connectivity index (χ1n) is 6.45. The number of nitrogens with one attached hydrogen (secondary N) is 1. The summed E-state index contributed by atoms with van der Waals surface area (Å²) in [5.41, 5.74) is 1.58. The number of benzene rings is 1. The summed E-state index contributed by atoms with van der Waals surface area (Å²) in [4.78, 5) is 3.38. The van der Waals surface area contributed by atoms with Crippen LogP contribution in [0.4, 0.5) is 0 Å². The normalized spacial score (nSPS) is 15.8. The van der Waals surface area contributed by atoms with Crippen LogP contribution in [-0.2, 0) is 10.0 Å². The third-order valence-corrected chi connectivity index (χ3v) is 5.41. The molecule has 0 spiro atoms. The predicted molar refractivity (Wildman–Crippen MR) is 76.2 cm³/mol. The van der Waals surface area contributed by atoms with Gasteiger partial charge in [-0.15, -0.1) is 0 Å². The topological polar surface area (TPSA) is 62.4 Å². The Hall–Kier alpha value is -1.79. The highest BCUT2D eigenvalue weighted by Crippen LogP contribution is 2.32. The smallest absolute Gasteiger partial charge is 0.243 e. The Morgan fingerprint density at radius 2 is 2.05 bits per heavy atom. The average Bonchev–Trinajstić information content (AvgIpc) is 2.89. The van der Waals surface area contributed by atoms with E-state index in [1.54, 1.807) is 31.5 Å². The van der Waals surface area contributed by atoms with Crippen molar-refractivity contribution in [2.75, 3.05) is 20.2 Å². The van der Waals surface area contributed by atoms with Gasteiger partial charge in [0.05, 0.1) is 12.0 Å².